The van der Waals surface area contributed by atoms with Crippen LogP contribution in [-0.4, -0.2) is 48.3 Å². The topological polar surface area (TPSA) is 68.2 Å². The second kappa shape index (κ2) is 11.6. The van der Waals surface area contributed by atoms with E-state index in [0.717, 1.165) is 35.7 Å². The normalized spacial score (nSPS) is 15.4. The number of hydrogen-bond donors (Lipinski definition) is 1. The number of ether oxygens (including phenoxy) is 3. The maximum absolute atomic E-state index is 11.1. The van der Waals surface area contributed by atoms with Crippen molar-refractivity contribution in [2.75, 3.05) is 26.2 Å². The molecule has 6 nitrogen and oxygen atoms in total. The van der Waals surface area contributed by atoms with Crippen LogP contribution in [0.25, 0.3) is 6.08 Å². The highest BCUT2D eigenvalue weighted by Gasteiger charge is 2.19. The smallest absolute Gasteiger partial charge is 0.331 e. The zero-order valence-electron chi connectivity index (χ0n) is 19.3. The lowest BCUT2D eigenvalue weighted by molar-refractivity contribution is -0.133. The van der Waals surface area contributed by atoms with Crippen molar-refractivity contribution in [3.8, 4) is 17.2 Å². The number of fused-ring (bicyclic) bond motifs is 1. The summed E-state index contributed by atoms with van der Waals surface area (Å²) >= 11 is 6.31. The minimum absolute atomic E-state index is 0. The van der Waals surface area contributed by atoms with Crippen molar-refractivity contribution in [2.24, 2.45) is 0 Å². The molecule has 182 valence electrons. The van der Waals surface area contributed by atoms with E-state index in [1.54, 1.807) is 6.08 Å². The van der Waals surface area contributed by atoms with Crippen LogP contribution in [0.2, 0.25) is 5.02 Å². The van der Waals surface area contributed by atoms with Gasteiger partial charge in [0, 0.05) is 36.8 Å². The quantitative estimate of drug-likeness (QED) is 0.501. The Morgan fingerprint density at radius 2 is 2.06 bits per heavy atom. The minimum Gasteiger partial charge on any atom is -0.489 e. The van der Waals surface area contributed by atoms with Gasteiger partial charge in [0.15, 0.2) is 0 Å². The second-order valence-electron chi connectivity index (χ2n) is 8.53. The Labute approximate surface area is 211 Å². The number of halogens is 2. The Bertz CT molecular complexity index is 1100. The Morgan fingerprint density at radius 1 is 1.24 bits per heavy atom. The first-order valence-corrected chi connectivity index (χ1v) is 11.4. The maximum Gasteiger partial charge on any atom is 0.331 e. The molecule has 2 aromatic rings. The molecule has 2 heterocycles. The summed E-state index contributed by atoms with van der Waals surface area (Å²) in [5.74, 6) is 1.37. The van der Waals surface area contributed by atoms with Crippen molar-refractivity contribution in [3.63, 3.8) is 0 Å². The lowest BCUT2D eigenvalue weighted by atomic mass is 10.0. The third-order valence-electron chi connectivity index (χ3n) is 5.52. The van der Waals surface area contributed by atoms with E-state index in [9.17, 15) is 4.79 Å². The van der Waals surface area contributed by atoms with Crippen LogP contribution in [0, 0.1) is 0 Å². The summed E-state index contributed by atoms with van der Waals surface area (Å²) in [6.07, 6.45) is 4.58. The number of carboxylic acids is 1. The summed E-state index contributed by atoms with van der Waals surface area (Å²) in [6, 6.07) is 11.5. The molecule has 0 saturated carbocycles. The predicted octanol–water partition coefficient (Wildman–Crippen LogP) is 5.62. The van der Waals surface area contributed by atoms with Gasteiger partial charge in [-0.2, -0.15) is 0 Å². The number of hydrogen-bond acceptors (Lipinski definition) is 5. The molecule has 0 unspecified atom stereocenters. The number of carbonyl (C=O) groups is 1. The van der Waals surface area contributed by atoms with E-state index in [1.165, 1.54) is 5.57 Å². The molecule has 0 saturated heterocycles. The monoisotopic (exact) mass is 505 g/mol. The van der Waals surface area contributed by atoms with Crippen LogP contribution in [-0.2, 0) is 11.4 Å². The van der Waals surface area contributed by atoms with Crippen molar-refractivity contribution in [1.29, 1.82) is 0 Å². The minimum atomic E-state index is -0.818. The molecule has 1 N–H and O–H groups in total. The van der Waals surface area contributed by atoms with Crippen molar-refractivity contribution in [1.82, 2.24) is 4.90 Å². The molecular weight excluding hydrogens is 477 g/mol. The van der Waals surface area contributed by atoms with E-state index in [-0.39, 0.29) is 18.5 Å². The Balaban J connectivity index is 0.00000324. The molecule has 0 aliphatic carbocycles. The molecule has 0 bridgehead atoms. The second-order valence-corrected chi connectivity index (χ2v) is 8.94. The predicted molar refractivity (Wildman–Crippen MR) is 135 cm³/mol. The van der Waals surface area contributed by atoms with Gasteiger partial charge >= 0.3 is 5.97 Å². The number of aliphatic carboxylic acids is 1. The van der Waals surface area contributed by atoms with E-state index in [1.807, 2.05) is 50.2 Å². The SMILES string of the molecule is CC(C)Oc1ccc(COc2ccc3c(c2)OCC(CN2CC=C(C(=O)O)CC2)=C3)cc1Cl.Cl. The molecule has 0 spiro atoms. The van der Waals surface area contributed by atoms with Crippen LogP contribution in [0.1, 0.15) is 31.4 Å². The van der Waals surface area contributed by atoms with E-state index in [4.69, 9.17) is 30.9 Å². The Kier molecular flexibility index (Phi) is 8.89. The summed E-state index contributed by atoms with van der Waals surface area (Å²) in [5, 5.41) is 9.66. The molecule has 0 atom stereocenters. The molecule has 2 aromatic carbocycles. The third kappa shape index (κ3) is 6.69. The fourth-order valence-corrected chi connectivity index (χ4v) is 4.11. The van der Waals surface area contributed by atoms with Gasteiger partial charge in [0.2, 0.25) is 0 Å². The molecule has 2 aliphatic heterocycles. The number of carboxylic acid groups (broad SMARTS) is 1. The summed E-state index contributed by atoms with van der Waals surface area (Å²) in [6.45, 7) is 6.98. The molecular formula is C26H29Cl2NO5. The summed E-state index contributed by atoms with van der Waals surface area (Å²) in [5.41, 5.74) is 3.64. The van der Waals surface area contributed by atoms with E-state index < -0.39 is 5.97 Å². The summed E-state index contributed by atoms with van der Waals surface area (Å²) < 4.78 is 17.6. The summed E-state index contributed by atoms with van der Waals surface area (Å²) in [7, 11) is 0. The fraction of sp³-hybridized carbons (Fsp3) is 0.346. The Hall–Kier alpha value is -2.67. The van der Waals surface area contributed by atoms with Crippen LogP contribution in [0.4, 0.5) is 0 Å². The van der Waals surface area contributed by atoms with E-state index in [2.05, 4.69) is 11.0 Å². The zero-order chi connectivity index (χ0) is 23.4. The average molecular weight is 506 g/mol. The molecule has 34 heavy (non-hydrogen) atoms. The molecule has 0 fully saturated rings. The maximum atomic E-state index is 11.1. The van der Waals surface area contributed by atoms with Crippen molar-refractivity contribution in [2.45, 2.75) is 33.0 Å². The van der Waals surface area contributed by atoms with Gasteiger partial charge in [-0.3, -0.25) is 4.90 Å². The van der Waals surface area contributed by atoms with Crippen LogP contribution in [0.15, 0.2) is 53.6 Å². The molecule has 0 amide bonds. The van der Waals surface area contributed by atoms with Crippen LogP contribution >= 0.6 is 24.0 Å². The zero-order valence-corrected chi connectivity index (χ0v) is 20.8. The molecule has 2 aliphatic rings. The van der Waals surface area contributed by atoms with Crippen LogP contribution < -0.4 is 14.2 Å². The van der Waals surface area contributed by atoms with Gasteiger partial charge in [-0.25, -0.2) is 4.79 Å². The van der Waals surface area contributed by atoms with Gasteiger partial charge in [0.25, 0.3) is 0 Å². The van der Waals surface area contributed by atoms with Gasteiger partial charge in [0.1, 0.15) is 30.5 Å². The first-order chi connectivity index (χ1) is 15.9. The van der Waals surface area contributed by atoms with Crippen molar-refractivity contribution < 1.29 is 24.1 Å². The lowest BCUT2D eigenvalue weighted by Crippen LogP contribution is -2.33. The van der Waals surface area contributed by atoms with E-state index >= 15 is 0 Å². The Morgan fingerprint density at radius 3 is 2.74 bits per heavy atom. The average Bonchev–Trinajstić information content (AvgIpc) is 2.79. The van der Waals surface area contributed by atoms with Crippen LogP contribution in [0.5, 0.6) is 17.2 Å². The van der Waals surface area contributed by atoms with E-state index in [0.29, 0.717) is 42.5 Å². The van der Waals surface area contributed by atoms with Crippen molar-refractivity contribution in [3.05, 3.63) is 69.8 Å². The molecule has 8 heteroatoms. The fourth-order valence-electron chi connectivity index (χ4n) is 3.86. The molecule has 4 rings (SSSR count). The third-order valence-corrected chi connectivity index (χ3v) is 5.81. The first kappa shape index (κ1) is 25.9. The first-order valence-electron chi connectivity index (χ1n) is 11.1. The largest absolute Gasteiger partial charge is 0.489 e. The highest BCUT2D eigenvalue weighted by atomic mass is 35.5. The van der Waals surface area contributed by atoms with Crippen molar-refractivity contribution >= 4 is 36.1 Å². The number of rotatable bonds is 8. The molecule has 0 radical (unpaired) electrons. The summed E-state index contributed by atoms with van der Waals surface area (Å²) in [4.78, 5) is 13.3. The van der Waals surface area contributed by atoms with Gasteiger partial charge in [-0.15, -0.1) is 12.4 Å². The highest BCUT2D eigenvalue weighted by molar-refractivity contribution is 6.32. The molecule has 0 aromatic heterocycles. The standard InChI is InChI=1S/C26H28ClNO5.ClH/c1-17(2)33-24-6-3-18(12-23(24)27)15-31-22-5-4-21-11-19(16-32-25(21)13-22)14-28-9-7-20(8-10-28)26(29)30;/h3-7,11-13,17H,8-10,14-16H2,1-2H3,(H,29,30);1H. The van der Waals surface area contributed by atoms with Crippen LogP contribution in [0.3, 0.4) is 0 Å². The lowest BCUT2D eigenvalue weighted by Gasteiger charge is -2.27. The number of benzene rings is 2. The van der Waals surface area contributed by atoms with Gasteiger partial charge < -0.3 is 19.3 Å². The van der Waals surface area contributed by atoms with Gasteiger partial charge in [0.05, 0.1) is 11.1 Å². The number of nitrogens with zero attached hydrogens (tertiary/aromatic N) is 1. The highest BCUT2D eigenvalue weighted by Crippen LogP contribution is 2.32. The van der Waals surface area contributed by atoms with Gasteiger partial charge in [-0.1, -0.05) is 23.7 Å². The van der Waals surface area contributed by atoms with Gasteiger partial charge in [-0.05, 0) is 61.7 Å².